The normalized spacial score (nSPS) is 11.9. The van der Waals surface area contributed by atoms with Gasteiger partial charge in [-0.3, -0.25) is 4.79 Å². The Morgan fingerprint density at radius 2 is 1.41 bits per heavy atom. The van der Waals surface area contributed by atoms with Crippen molar-refractivity contribution >= 4 is 23.3 Å². The van der Waals surface area contributed by atoms with Crippen LogP contribution in [0.1, 0.15) is 101 Å². The molecule has 6 heteroatoms. The van der Waals surface area contributed by atoms with Gasteiger partial charge in [0.2, 0.25) is 0 Å². The summed E-state index contributed by atoms with van der Waals surface area (Å²) >= 11 is 0. The number of carbonyl (C=O) groups excluding carboxylic acids is 2. The van der Waals surface area contributed by atoms with Crippen LogP contribution in [0.3, 0.4) is 0 Å². The molecule has 0 heterocycles. The SMILES string of the molecule is CCCCCCC(CC=CCCCCCCCC(=O)Oc1ccc(N)cc1)OC(=O)c1ccc(N)cc1. The number of hydrogen-bond acceptors (Lipinski definition) is 6. The third-order valence-electron chi connectivity index (χ3n) is 6.23. The first kappa shape index (κ1) is 29.9. The van der Waals surface area contributed by atoms with Crippen molar-refractivity contribution in [2.24, 2.45) is 0 Å². The molecule has 0 radical (unpaired) electrons. The lowest BCUT2D eigenvalue weighted by molar-refractivity contribution is -0.134. The zero-order valence-corrected chi connectivity index (χ0v) is 22.3. The van der Waals surface area contributed by atoms with E-state index in [4.69, 9.17) is 20.9 Å². The molecule has 1 atom stereocenters. The standard InChI is InChI=1S/C31H44N2O4/c1-2-3-4-11-14-28(37-31(35)25-17-19-26(32)20-18-25)15-12-9-7-5-6-8-10-13-16-30(34)36-29-23-21-27(33)22-24-29/h9,12,17-24,28H,2-8,10-11,13-16,32-33H2,1H3. The van der Waals surface area contributed by atoms with Gasteiger partial charge in [-0.05, 0) is 80.6 Å². The van der Waals surface area contributed by atoms with Gasteiger partial charge in [0.25, 0.3) is 0 Å². The third kappa shape index (κ3) is 13.6. The molecule has 4 N–H and O–H groups in total. The van der Waals surface area contributed by atoms with Crippen molar-refractivity contribution in [1.82, 2.24) is 0 Å². The number of nitrogens with two attached hydrogens (primary N) is 2. The van der Waals surface area contributed by atoms with E-state index < -0.39 is 0 Å². The molecule has 0 aliphatic heterocycles. The zero-order chi connectivity index (χ0) is 26.7. The van der Waals surface area contributed by atoms with Crippen LogP contribution in [-0.4, -0.2) is 18.0 Å². The highest BCUT2D eigenvalue weighted by molar-refractivity contribution is 5.89. The fraction of sp³-hybridized carbons (Fsp3) is 0.484. The van der Waals surface area contributed by atoms with Gasteiger partial charge in [0.05, 0.1) is 5.56 Å². The van der Waals surface area contributed by atoms with Crippen LogP contribution in [0.15, 0.2) is 60.7 Å². The Labute approximate surface area is 222 Å². The minimum Gasteiger partial charge on any atom is -0.458 e. The smallest absolute Gasteiger partial charge is 0.338 e. The van der Waals surface area contributed by atoms with Gasteiger partial charge < -0.3 is 20.9 Å². The maximum atomic E-state index is 12.5. The lowest BCUT2D eigenvalue weighted by atomic mass is 10.1. The summed E-state index contributed by atoms with van der Waals surface area (Å²) in [5.74, 6) is 0.0505. The summed E-state index contributed by atoms with van der Waals surface area (Å²) in [6, 6.07) is 13.7. The maximum absolute atomic E-state index is 12.5. The van der Waals surface area contributed by atoms with Gasteiger partial charge in [0.15, 0.2) is 0 Å². The van der Waals surface area contributed by atoms with Crippen LogP contribution < -0.4 is 16.2 Å². The summed E-state index contributed by atoms with van der Waals surface area (Å²) in [5.41, 5.74) is 13.2. The van der Waals surface area contributed by atoms with Crippen molar-refractivity contribution in [2.75, 3.05) is 11.5 Å². The molecule has 37 heavy (non-hydrogen) atoms. The topological polar surface area (TPSA) is 105 Å². The highest BCUT2D eigenvalue weighted by Crippen LogP contribution is 2.17. The highest BCUT2D eigenvalue weighted by Gasteiger charge is 2.15. The van der Waals surface area contributed by atoms with E-state index in [9.17, 15) is 9.59 Å². The van der Waals surface area contributed by atoms with Gasteiger partial charge in [-0.25, -0.2) is 4.79 Å². The van der Waals surface area contributed by atoms with Crippen LogP contribution in [0.4, 0.5) is 11.4 Å². The van der Waals surface area contributed by atoms with Gasteiger partial charge in [-0.2, -0.15) is 0 Å². The second kappa shape index (κ2) is 18.0. The Morgan fingerprint density at radius 1 is 0.784 bits per heavy atom. The predicted octanol–water partition coefficient (Wildman–Crippen LogP) is 7.63. The van der Waals surface area contributed by atoms with Crippen molar-refractivity contribution in [3.05, 3.63) is 66.2 Å². The molecule has 6 nitrogen and oxygen atoms in total. The molecule has 0 saturated heterocycles. The summed E-state index contributed by atoms with van der Waals surface area (Å²) in [6.45, 7) is 2.19. The molecule has 0 fully saturated rings. The zero-order valence-electron chi connectivity index (χ0n) is 22.3. The molecule has 1 unspecified atom stereocenters. The number of benzene rings is 2. The molecule has 0 aliphatic rings. The number of esters is 2. The minimum atomic E-state index is -0.286. The number of rotatable bonds is 18. The average molecular weight is 509 g/mol. The summed E-state index contributed by atoms with van der Waals surface area (Å²) in [7, 11) is 0. The molecule has 202 valence electrons. The Bertz CT molecular complexity index is 939. The first-order valence-electron chi connectivity index (χ1n) is 13.8. The van der Waals surface area contributed by atoms with Gasteiger partial charge >= 0.3 is 11.9 Å². The Morgan fingerprint density at radius 3 is 2.11 bits per heavy atom. The van der Waals surface area contributed by atoms with E-state index in [-0.39, 0.29) is 18.0 Å². The number of carbonyl (C=O) groups is 2. The fourth-order valence-electron chi connectivity index (χ4n) is 4.01. The monoisotopic (exact) mass is 508 g/mol. The molecular formula is C31H44N2O4. The molecule has 0 saturated carbocycles. The second-order valence-electron chi connectivity index (χ2n) is 9.56. The van der Waals surface area contributed by atoms with Gasteiger partial charge in [-0.1, -0.05) is 57.6 Å². The first-order valence-corrected chi connectivity index (χ1v) is 13.8. The largest absolute Gasteiger partial charge is 0.458 e. The Hall–Kier alpha value is -3.28. The van der Waals surface area contributed by atoms with Gasteiger partial charge in [0, 0.05) is 24.2 Å². The molecule has 2 aromatic rings. The number of anilines is 2. The maximum Gasteiger partial charge on any atom is 0.338 e. The van der Waals surface area contributed by atoms with Crippen molar-refractivity contribution in [2.45, 2.75) is 96.5 Å². The van der Waals surface area contributed by atoms with Gasteiger partial charge in [-0.15, -0.1) is 0 Å². The van der Waals surface area contributed by atoms with E-state index in [1.807, 2.05) is 0 Å². The van der Waals surface area contributed by atoms with E-state index in [1.165, 1.54) is 12.8 Å². The summed E-state index contributed by atoms with van der Waals surface area (Å²) in [6.07, 6.45) is 17.1. The quantitative estimate of drug-likeness (QED) is 0.0705. The van der Waals surface area contributed by atoms with Crippen LogP contribution in [0.5, 0.6) is 5.75 Å². The van der Waals surface area contributed by atoms with Crippen LogP contribution in [0.25, 0.3) is 0 Å². The van der Waals surface area contributed by atoms with E-state index >= 15 is 0 Å². The Balaban J connectivity index is 1.59. The minimum absolute atomic E-state index is 0.105. The Kier molecular flexibility index (Phi) is 14.6. The van der Waals surface area contributed by atoms with Crippen LogP contribution in [0.2, 0.25) is 0 Å². The molecular weight excluding hydrogens is 464 g/mol. The molecule has 0 aliphatic carbocycles. The predicted molar refractivity (Wildman–Crippen MR) is 151 cm³/mol. The molecule has 0 aromatic heterocycles. The summed E-state index contributed by atoms with van der Waals surface area (Å²) in [4.78, 5) is 24.5. The highest BCUT2D eigenvalue weighted by atomic mass is 16.5. The summed E-state index contributed by atoms with van der Waals surface area (Å²) < 4.78 is 11.1. The molecule has 0 amide bonds. The van der Waals surface area contributed by atoms with Gasteiger partial charge in [0.1, 0.15) is 11.9 Å². The van der Waals surface area contributed by atoms with Crippen LogP contribution >= 0.6 is 0 Å². The number of ether oxygens (including phenoxy) is 2. The van der Waals surface area contributed by atoms with Crippen molar-refractivity contribution in [1.29, 1.82) is 0 Å². The van der Waals surface area contributed by atoms with E-state index in [0.29, 0.717) is 29.1 Å². The average Bonchev–Trinajstić information content (AvgIpc) is 2.89. The van der Waals surface area contributed by atoms with Crippen molar-refractivity contribution in [3.8, 4) is 5.75 Å². The fourth-order valence-corrected chi connectivity index (χ4v) is 4.01. The lowest BCUT2D eigenvalue weighted by Gasteiger charge is -2.16. The molecule has 2 aromatic carbocycles. The lowest BCUT2D eigenvalue weighted by Crippen LogP contribution is -2.18. The van der Waals surface area contributed by atoms with Crippen LogP contribution in [0, 0.1) is 0 Å². The number of unbranched alkanes of at least 4 members (excludes halogenated alkanes) is 8. The number of hydrogen-bond donors (Lipinski definition) is 2. The molecule has 0 spiro atoms. The number of allylic oxidation sites excluding steroid dienone is 1. The van der Waals surface area contributed by atoms with E-state index in [0.717, 1.165) is 64.2 Å². The first-order chi connectivity index (χ1) is 18.0. The second-order valence-corrected chi connectivity index (χ2v) is 9.56. The third-order valence-corrected chi connectivity index (χ3v) is 6.23. The van der Waals surface area contributed by atoms with Crippen molar-refractivity contribution < 1.29 is 19.1 Å². The van der Waals surface area contributed by atoms with Crippen molar-refractivity contribution in [3.63, 3.8) is 0 Å². The summed E-state index contributed by atoms with van der Waals surface area (Å²) in [5, 5.41) is 0. The van der Waals surface area contributed by atoms with Crippen LogP contribution in [-0.2, 0) is 9.53 Å². The molecule has 0 bridgehead atoms. The van der Waals surface area contributed by atoms with E-state index in [2.05, 4.69) is 19.1 Å². The van der Waals surface area contributed by atoms with E-state index in [1.54, 1.807) is 48.5 Å². The molecule has 2 rings (SSSR count). The number of nitrogen functional groups attached to an aromatic ring is 2.